The number of hydrogen-bond donors (Lipinski definition) is 3. The normalized spacial score (nSPS) is 16.7. The van der Waals surface area contributed by atoms with E-state index >= 15 is 0 Å². The summed E-state index contributed by atoms with van der Waals surface area (Å²) in [4.78, 5) is 20.5. The highest BCUT2D eigenvalue weighted by atomic mass is 16.5. The molecule has 0 radical (unpaired) electrons. The minimum absolute atomic E-state index is 0.207. The number of methoxy groups -OCH3 is 1. The highest BCUT2D eigenvalue weighted by molar-refractivity contribution is 5.91. The van der Waals surface area contributed by atoms with Crippen LogP contribution >= 0.6 is 0 Å². The van der Waals surface area contributed by atoms with E-state index in [2.05, 4.69) is 31.0 Å². The van der Waals surface area contributed by atoms with Crippen molar-refractivity contribution in [1.29, 1.82) is 0 Å². The van der Waals surface area contributed by atoms with Crippen molar-refractivity contribution >= 4 is 11.9 Å². The number of aromatic nitrogens is 3. The van der Waals surface area contributed by atoms with E-state index in [0.717, 1.165) is 25.2 Å². The van der Waals surface area contributed by atoms with Gasteiger partial charge in [0.25, 0.3) is 5.91 Å². The number of aryl methyl sites for hydroxylation is 1. The Kier molecular flexibility index (Phi) is 6.42. The van der Waals surface area contributed by atoms with Gasteiger partial charge in [0, 0.05) is 39.7 Å². The lowest BCUT2D eigenvalue weighted by Crippen LogP contribution is -2.48. The van der Waals surface area contributed by atoms with E-state index in [9.17, 15) is 4.79 Å². The lowest BCUT2D eigenvalue weighted by Gasteiger charge is -2.25. The SMILES string of the molecule is CN=C(NCCNC(=O)c1ccco1)NC1CCc2nc(COC)nn2C1. The van der Waals surface area contributed by atoms with E-state index in [1.54, 1.807) is 26.3 Å². The Morgan fingerprint density at radius 2 is 2.30 bits per heavy atom. The fourth-order valence-electron chi connectivity index (χ4n) is 2.91. The molecule has 0 fully saturated rings. The Bertz CT molecular complexity index is 770. The minimum Gasteiger partial charge on any atom is -0.459 e. The van der Waals surface area contributed by atoms with Crippen LogP contribution in [0.5, 0.6) is 0 Å². The zero-order valence-electron chi connectivity index (χ0n) is 15.6. The van der Waals surface area contributed by atoms with Gasteiger partial charge in [0.1, 0.15) is 12.4 Å². The second-order valence-corrected chi connectivity index (χ2v) is 6.17. The molecule has 0 aliphatic carbocycles. The van der Waals surface area contributed by atoms with Gasteiger partial charge in [-0.2, -0.15) is 5.10 Å². The number of hydrogen-bond acceptors (Lipinski definition) is 6. The van der Waals surface area contributed by atoms with Gasteiger partial charge in [-0.05, 0) is 18.6 Å². The number of amides is 1. The van der Waals surface area contributed by atoms with Gasteiger partial charge in [-0.3, -0.25) is 9.79 Å². The van der Waals surface area contributed by atoms with Crippen LogP contribution in [0, 0.1) is 0 Å². The molecule has 0 saturated carbocycles. The molecule has 10 nitrogen and oxygen atoms in total. The molecule has 3 heterocycles. The summed E-state index contributed by atoms with van der Waals surface area (Å²) in [5.74, 6) is 2.46. The third-order valence-electron chi connectivity index (χ3n) is 4.19. The first-order valence-corrected chi connectivity index (χ1v) is 8.90. The zero-order chi connectivity index (χ0) is 19.1. The third kappa shape index (κ3) is 5.07. The van der Waals surface area contributed by atoms with Crippen molar-refractivity contribution in [3.05, 3.63) is 35.8 Å². The Morgan fingerprint density at radius 1 is 1.44 bits per heavy atom. The van der Waals surface area contributed by atoms with E-state index in [1.807, 2.05) is 4.68 Å². The Morgan fingerprint density at radius 3 is 3.04 bits per heavy atom. The lowest BCUT2D eigenvalue weighted by molar-refractivity contribution is 0.0926. The number of furan rings is 1. The number of carbonyl (C=O) groups is 1. The second-order valence-electron chi connectivity index (χ2n) is 6.17. The molecule has 1 atom stereocenters. The number of rotatable bonds is 7. The van der Waals surface area contributed by atoms with Crippen LogP contribution in [0.15, 0.2) is 27.8 Å². The smallest absolute Gasteiger partial charge is 0.287 e. The maximum atomic E-state index is 11.8. The molecule has 2 aromatic heterocycles. The molecule has 1 unspecified atom stereocenters. The Hall–Kier alpha value is -2.88. The Balaban J connectivity index is 1.41. The predicted octanol–water partition coefficient (Wildman–Crippen LogP) is -0.0727. The van der Waals surface area contributed by atoms with Gasteiger partial charge < -0.3 is 25.1 Å². The molecular weight excluding hydrogens is 350 g/mol. The first-order valence-electron chi connectivity index (χ1n) is 8.90. The van der Waals surface area contributed by atoms with Crippen LogP contribution in [-0.2, 0) is 24.3 Å². The highest BCUT2D eigenvalue weighted by Crippen LogP contribution is 2.13. The van der Waals surface area contributed by atoms with Crippen LogP contribution in [0.2, 0.25) is 0 Å². The molecule has 146 valence electrons. The number of fused-ring (bicyclic) bond motifs is 1. The number of nitrogens with one attached hydrogen (secondary N) is 3. The molecule has 1 amide bonds. The maximum absolute atomic E-state index is 11.8. The molecule has 0 aromatic carbocycles. The van der Waals surface area contributed by atoms with E-state index in [4.69, 9.17) is 9.15 Å². The fraction of sp³-hybridized carbons (Fsp3) is 0.529. The summed E-state index contributed by atoms with van der Waals surface area (Å²) in [6, 6.07) is 3.52. The van der Waals surface area contributed by atoms with Crippen molar-refractivity contribution in [1.82, 2.24) is 30.7 Å². The molecule has 3 rings (SSSR count). The number of carbonyl (C=O) groups excluding carboxylic acids is 1. The second kappa shape index (κ2) is 9.17. The fourth-order valence-corrected chi connectivity index (χ4v) is 2.91. The third-order valence-corrected chi connectivity index (χ3v) is 4.19. The minimum atomic E-state index is -0.234. The highest BCUT2D eigenvalue weighted by Gasteiger charge is 2.22. The molecule has 0 saturated heterocycles. The summed E-state index contributed by atoms with van der Waals surface area (Å²) in [5, 5.41) is 13.8. The first-order chi connectivity index (χ1) is 13.2. The van der Waals surface area contributed by atoms with Crippen molar-refractivity contribution in [3.63, 3.8) is 0 Å². The molecule has 0 spiro atoms. The quantitative estimate of drug-likeness (QED) is 0.352. The summed E-state index contributed by atoms with van der Waals surface area (Å²) < 4.78 is 12.1. The summed E-state index contributed by atoms with van der Waals surface area (Å²) in [5.41, 5.74) is 0. The molecule has 2 aromatic rings. The van der Waals surface area contributed by atoms with Crippen LogP contribution in [0.1, 0.15) is 28.6 Å². The number of ether oxygens (including phenoxy) is 1. The van der Waals surface area contributed by atoms with Crippen molar-refractivity contribution < 1.29 is 13.9 Å². The van der Waals surface area contributed by atoms with Gasteiger partial charge in [0.2, 0.25) is 0 Å². The molecule has 3 N–H and O–H groups in total. The van der Waals surface area contributed by atoms with E-state index in [1.165, 1.54) is 6.26 Å². The van der Waals surface area contributed by atoms with Crippen molar-refractivity contribution in [2.75, 3.05) is 27.2 Å². The van der Waals surface area contributed by atoms with Gasteiger partial charge in [-0.1, -0.05) is 0 Å². The molecule has 27 heavy (non-hydrogen) atoms. The van der Waals surface area contributed by atoms with Gasteiger partial charge in [0.15, 0.2) is 17.5 Å². The van der Waals surface area contributed by atoms with Gasteiger partial charge in [-0.15, -0.1) is 0 Å². The summed E-state index contributed by atoms with van der Waals surface area (Å²) in [7, 11) is 3.36. The van der Waals surface area contributed by atoms with Crippen molar-refractivity contribution in [2.24, 2.45) is 4.99 Å². The predicted molar refractivity (Wildman–Crippen MR) is 98.4 cm³/mol. The largest absolute Gasteiger partial charge is 0.459 e. The standard InChI is InChI=1S/C17H25N7O3/c1-18-17(20-8-7-19-16(25)13-4-3-9-27-13)21-12-5-6-15-22-14(11-26-2)23-24(15)10-12/h3-4,9,12H,5-8,10-11H2,1-2H3,(H,19,25)(H2,18,20,21). The van der Waals surface area contributed by atoms with E-state index in [0.29, 0.717) is 37.2 Å². The van der Waals surface area contributed by atoms with Crippen LogP contribution in [-0.4, -0.2) is 59.9 Å². The molecule has 0 bridgehead atoms. The summed E-state index contributed by atoms with van der Waals surface area (Å²) in [6.07, 6.45) is 3.27. The zero-order valence-corrected chi connectivity index (χ0v) is 15.6. The summed E-state index contributed by atoms with van der Waals surface area (Å²) in [6.45, 7) is 2.15. The monoisotopic (exact) mass is 375 g/mol. The molecular formula is C17H25N7O3. The van der Waals surface area contributed by atoms with Gasteiger partial charge >= 0.3 is 0 Å². The first kappa shape index (κ1) is 18.9. The molecule has 10 heteroatoms. The van der Waals surface area contributed by atoms with E-state index in [-0.39, 0.29) is 11.9 Å². The van der Waals surface area contributed by atoms with Crippen molar-refractivity contribution in [3.8, 4) is 0 Å². The maximum Gasteiger partial charge on any atom is 0.287 e. The van der Waals surface area contributed by atoms with Crippen LogP contribution in [0.25, 0.3) is 0 Å². The Labute approximate surface area is 157 Å². The topological polar surface area (TPSA) is 119 Å². The summed E-state index contributed by atoms with van der Waals surface area (Å²) >= 11 is 0. The van der Waals surface area contributed by atoms with Crippen molar-refractivity contribution in [2.45, 2.75) is 32.0 Å². The average molecular weight is 375 g/mol. The average Bonchev–Trinajstić information content (AvgIpc) is 3.33. The van der Waals surface area contributed by atoms with Crippen LogP contribution < -0.4 is 16.0 Å². The molecule has 1 aliphatic rings. The number of guanidine groups is 1. The van der Waals surface area contributed by atoms with Gasteiger partial charge in [-0.25, -0.2) is 9.67 Å². The number of aliphatic imine (C=N–C) groups is 1. The lowest BCUT2D eigenvalue weighted by atomic mass is 10.1. The number of nitrogens with zero attached hydrogens (tertiary/aromatic N) is 4. The van der Waals surface area contributed by atoms with Crippen LogP contribution in [0.3, 0.4) is 0 Å². The van der Waals surface area contributed by atoms with E-state index < -0.39 is 0 Å². The molecule has 1 aliphatic heterocycles. The van der Waals surface area contributed by atoms with Crippen LogP contribution in [0.4, 0.5) is 0 Å². The van der Waals surface area contributed by atoms with Gasteiger partial charge in [0.05, 0.1) is 12.8 Å².